The van der Waals surface area contributed by atoms with Crippen LogP contribution in [0.1, 0.15) is 35.2 Å². The van der Waals surface area contributed by atoms with Crippen LogP contribution in [0.3, 0.4) is 0 Å². The van der Waals surface area contributed by atoms with E-state index < -0.39 is 44.9 Å². The maximum atomic E-state index is 14.6. The quantitative estimate of drug-likeness (QED) is 0.312. The Morgan fingerprint density at radius 1 is 1.12 bits per heavy atom. The summed E-state index contributed by atoms with van der Waals surface area (Å²) in [5.74, 6) is -2.67. The molecule has 0 fully saturated rings. The van der Waals surface area contributed by atoms with Gasteiger partial charge in [0.2, 0.25) is 0 Å². The van der Waals surface area contributed by atoms with Crippen LogP contribution in [0.15, 0.2) is 47.4 Å². The molecular formula is C21H19F4NO4S2. The molecule has 0 aliphatic heterocycles. The van der Waals surface area contributed by atoms with Crippen LogP contribution in [0.2, 0.25) is 0 Å². The molecule has 0 radical (unpaired) electrons. The molecule has 0 bridgehead atoms. The smallest absolute Gasteiger partial charge is 0.389 e. The summed E-state index contributed by atoms with van der Waals surface area (Å²) in [7, 11) is -4.52. The van der Waals surface area contributed by atoms with Gasteiger partial charge in [0, 0.05) is 17.7 Å². The van der Waals surface area contributed by atoms with Crippen LogP contribution in [0.4, 0.5) is 22.6 Å². The maximum absolute atomic E-state index is 14.6. The van der Waals surface area contributed by atoms with Crippen LogP contribution in [0.5, 0.6) is 0 Å². The number of alkyl halides is 3. The van der Waals surface area contributed by atoms with Crippen LogP contribution in [0, 0.1) is 12.7 Å². The molecule has 0 atom stereocenters. The number of unbranched alkanes of at least 4 members (excludes halogenated alkanes) is 1. The van der Waals surface area contributed by atoms with Crippen LogP contribution >= 0.6 is 11.3 Å². The van der Waals surface area contributed by atoms with Gasteiger partial charge < -0.3 is 5.11 Å². The largest absolute Gasteiger partial charge is 0.478 e. The fourth-order valence-corrected chi connectivity index (χ4v) is 6.33. The van der Waals surface area contributed by atoms with Gasteiger partial charge >= 0.3 is 12.1 Å². The fraction of sp³-hybridized carbons (Fsp3) is 0.286. The van der Waals surface area contributed by atoms with Crippen molar-refractivity contribution in [1.29, 1.82) is 0 Å². The first kappa shape index (κ1) is 24.0. The van der Waals surface area contributed by atoms with E-state index in [1.165, 1.54) is 0 Å². The first-order chi connectivity index (χ1) is 14.9. The Morgan fingerprint density at radius 2 is 1.81 bits per heavy atom. The lowest BCUT2D eigenvalue weighted by molar-refractivity contribution is -0.135. The van der Waals surface area contributed by atoms with Gasteiger partial charge in [0.05, 0.1) is 5.56 Å². The van der Waals surface area contributed by atoms with Gasteiger partial charge in [-0.15, -0.1) is 11.3 Å². The number of carboxylic acids is 1. The van der Waals surface area contributed by atoms with E-state index in [-0.39, 0.29) is 24.4 Å². The van der Waals surface area contributed by atoms with Crippen molar-refractivity contribution >= 4 is 42.4 Å². The molecule has 5 nitrogen and oxygen atoms in total. The molecule has 32 heavy (non-hydrogen) atoms. The van der Waals surface area contributed by atoms with Crippen LogP contribution in [-0.2, 0) is 10.0 Å². The number of nitrogens with zero attached hydrogens (tertiary/aromatic N) is 1. The number of thiophene rings is 1. The second-order valence-corrected chi connectivity index (χ2v) is 9.99. The van der Waals surface area contributed by atoms with E-state index in [4.69, 9.17) is 5.11 Å². The van der Waals surface area contributed by atoms with Gasteiger partial charge in [-0.3, -0.25) is 4.31 Å². The number of halogens is 4. The molecular weight excluding hydrogens is 470 g/mol. The Kier molecular flexibility index (Phi) is 6.80. The minimum atomic E-state index is -4.52. The number of aromatic carboxylic acids is 1. The van der Waals surface area contributed by atoms with E-state index >= 15 is 0 Å². The van der Waals surface area contributed by atoms with Crippen molar-refractivity contribution < 1.29 is 35.9 Å². The number of anilines is 1. The molecule has 172 valence electrons. The van der Waals surface area contributed by atoms with Crippen LogP contribution < -0.4 is 4.31 Å². The molecule has 1 N–H and O–H groups in total. The first-order valence-electron chi connectivity index (χ1n) is 9.52. The number of benzene rings is 2. The van der Waals surface area contributed by atoms with E-state index in [9.17, 15) is 30.8 Å². The fourth-order valence-electron chi connectivity index (χ4n) is 3.27. The monoisotopic (exact) mass is 489 g/mol. The number of carboxylic acid groups (broad SMARTS) is 1. The number of sulfonamides is 1. The average molecular weight is 490 g/mol. The number of rotatable bonds is 8. The highest BCUT2D eigenvalue weighted by Crippen LogP contribution is 2.40. The second kappa shape index (κ2) is 9.07. The lowest BCUT2D eigenvalue weighted by Gasteiger charge is -2.24. The average Bonchev–Trinajstić information content (AvgIpc) is 3.03. The topological polar surface area (TPSA) is 74.7 Å². The number of aryl methyl sites for hydroxylation is 1. The Labute approximate surface area is 186 Å². The van der Waals surface area contributed by atoms with Crippen LogP contribution in [0.25, 0.3) is 10.1 Å². The number of hydrogen-bond donors (Lipinski definition) is 1. The number of fused-ring (bicyclic) bond motifs is 1. The maximum Gasteiger partial charge on any atom is 0.389 e. The lowest BCUT2D eigenvalue weighted by Crippen LogP contribution is -2.32. The minimum Gasteiger partial charge on any atom is -0.478 e. The van der Waals surface area contributed by atoms with Crippen molar-refractivity contribution in [3.8, 4) is 0 Å². The van der Waals surface area contributed by atoms with Crippen molar-refractivity contribution in [2.75, 3.05) is 10.8 Å². The summed E-state index contributed by atoms with van der Waals surface area (Å²) in [5.41, 5.74) is 0.184. The zero-order chi connectivity index (χ0) is 23.7. The molecule has 0 unspecified atom stereocenters. The van der Waals surface area contributed by atoms with Crippen molar-refractivity contribution in [3.05, 3.63) is 59.4 Å². The second-order valence-electron chi connectivity index (χ2n) is 7.13. The molecule has 0 aliphatic rings. The molecule has 2 aromatic carbocycles. The first-order valence-corrected chi connectivity index (χ1v) is 11.8. The number of hydrogen-bond acceptors (Lipinski definition) is 4. The van der Waals surface area contributed by atoms with Gasteiger partial charge in [0.25, 0.3) is 10.0 Å². The van der Waals surface area contributed by atoms with Crippen LogP contribution in [-0.4, -0.2) is 32.2 Å². The summed E-state index contributed by atoms with van der Waals surface area (Å²) in [5, 5.41) is 10.1. The molecule has 0 saturated heterocycles. The van der Waals surface area contributed by atoms with Crippen molar-refractivity contribution in [3.63, 3.8) is 0 Å². The van der Waals surface area contributed by atoms with E-state index in [0.29, 0.717) is 11.6 Å². The Bertz CT molecular complexity index is 1250. The molecule has 1 heterocycles. The predicted molar refractivity (Wildman–Crippen MR) is 114 cm³/mol. The molecule has 0 amide bonds. The third kappa shape index (κ3) is 5.04. The molecule has 3 aromatic rings. The van der Waals surface area contributed by atoms with E-state index in [1.54, 1.807) is 31.2 Å². The normalized spacial score (nSPS) is 12.3. The summed E-state index contributed by atoms with van der Waals surface area (Å²) >= 11 is 1.14. The highest BCUT2D eigenvalue weighted by atomic mass is 32.2. The van der Waals surface area contributed by atoms with Gasteiger partial charge in [0.15, 0.2) is 0 Å². The molecule has 1 aromatic heterocycles. The molecule has 0 aliphatic carbocycles. The molecule has 0 saturated carbocycles. The zero-order valence-electron chi connectivity index (χ0n) is 16.8. The Morgan fingerprint density at radius 3 is 2.41 bits per heavy atom. The number of carbonyl (C=O) groups is 1. The third-order valence-electron chi connectivity index (χ3n) is 4.86. The minimum absolute atomic E-state index is 0.0960. The van der Waals surface area contributed by atoms with Gasteiger partial charge in [-0.05, 0) is 55.0 Å². The third-order valence-corrected chi connectivity index (χ3v) is 8.11. The summed E-state index contributed by atoms with van der Waals surface area (Å²) in [6, 6.07) is 9.56. The highest BCUT2D eigenvalue weighted by molar-refractivity contribution is 7.93. The summed E-state index contributed by atoms with van der Waals surface area (Å²) in [6.45, 7) is 1.41. The molecule has 0 spiro atoms. The zero-order valence-corrected chi connectivity index (χ0v) is 18.5. The molecule has 11 heteroatoms. The van der Waals surface area contributed by atoms with Crippen molar-refractivity contribution in [1.82, 2.24) is 0 Å². The Balaban J connectivity index is 2.05. The molecule has 3 rings (SSSR count). The summed E-state index contributed by atoms with van der Waals surface area (Å²) in [6.07, 6.45) is -5.81. The Hall–Kier alpha value is -2.66. The standard InChI is InChI=1S/C21H19F4NO4S2/c1-13-15-6-2-3-7-17(15)31-19(13)26(11-5-4-10-21(23,24)25)32(29,30)18-9-8-14(20(27)28)12-16(18)22/h2-3,6-9,12H,4-5,10-11H2,1H3,(H,27,28). The van der Waals surface area contributed by atoms with Crippen molar-refractivity contribution in [2.24, 2.45) is 0 Å². The van der Waals surface area contributed by atoms with E-state index in [1.807, 2.05) is 0 Å². The SMILES string of the molecule is Cc1c(N(CCCCC(F)(F)F)S(=O)(=O)c2ccc(C(=O)O)cc2F)sc2ccccc12. The van der Waals surface area contributed by atoms with Gasteiger partial charge in [-0.1, -0.05) is 18.2 Å². The van der Waals surface area contributed by atoms with E-state index in [2.05, 4.69) is 0 Å². The summed E-state index contributed by atoms with van der Waals surface area (Å²) < 4.78 is 80.7. The van der Waals surface area contributed by atoms with Gasteiger partial charge in [-0.25, -0.2) is 17.6 Å². The predicted octanol–water partition coefficient (Wildman–Crippen LogP) is 5.97. The lowest BCUT2D eigenvalue weighted by atomic mass is 10.2. The summed E-state index contributed by atoms with van der Waals surface area (Å²) in [4.78, 5) is 10.3. The van der Waals surface area contributed by atoms with Crippen molar-refractivity contribution in [2.45, 2.75) is 37.3 Å². The van der Waals surface area contributed by atoms with Gasteiger partial charge in [-0.2, -0.15) is 13.2 Å². The van der Waals surface area contributed by atoms with Gasteiger partial charge in [0.1, 0.15) is 15.7 Å². The van der Waals surface area contributed by atoms with E-state index in [0.717, 1.165) is 37.9 Å². The highest BCUT2D eigenvalue weighted by Gasteiger charge is 2.32.